The Morgan fingerprint density at radius 3 is 2.18 bits per heavy atom. The predicted molar refractivity (Wildman–Crippen MR) is 43.1 cm³/mol. The van der Waals surface area contributed by atoms with Crippen LogP contribution in [0.1, 0.15) is 32.1 Å². The monoisotopic (exact) mass is 152 g/mol. The molecule has 1 N–H and O–H groups in total. The van der Waals surface area contributed by atoms with Crippen LogP contribution >= 0.6 is 0 Å². The van der Waals surface area contributed by atoms with Gasteiger partial charge in [0, 0.05) is 0 Å². The Balaban J connectivity index is 1.93. The normalized spacial score (nSPS) is 60.3. The predicted octanol–water partition coefficient (Wildman–Crippen LogP) is 1.80. The molecule has 0 amide bonds. The van der Waals surface area contributed by atoms with Gasteiger partial charge in [0.1, 0.15) is 0 Å². The molecule has 0 saturated heterocycles. The first-order valence-corrected chi connectivity index (χ1v) is 5.02. The maximum Gasteiger partial charge on any atom is 0.0573 e. The third-order valence-electron chi connectivity index (χ3n) is 4.40. The molecule has 0 spiro atoms. The molecule has 4 bridgehead atoms. The molecule has 11 heavy (non-hydrogen) atoms. The van der Waals surface area contributed by atoms with E-state index in [4.69, 9.17) is 0 Å². The van der Waals surface area contributed by atoms with Gasteiger partial charge >= 0.3 is 0 Å². The second kappa shape index (κ2) is 2.01. The number of rotatable bonds is 0. The largest absolute Gasteiger partial charge is 0.393 e. The van der Waals surface area contributed by atoms with Crippen LogP contribution in [0.5, 0.6) is 0 Å². The standard InChI is InChI=1S/C10H16O/c11-10-5-8-3-7-2-1-6(8)4-9(7)10/h6-11H,1-5H2/t6-,7-,8+,9-,10+/m0/s1. The van der Waals surface area contributed by atoms with Crippen LogP contribution in [-0.4, -0.2) is 11.2 Å². The van der Waals surface area contributed by atoms with E-state index < -0.39 is 0 Å². The van der Waals surface area contributed by atoms with Crippen LogP contribution in [0.4, 0.5) is 0 Å². The van der Waals surface area contributed by atoms with E-state index in [0.29, 0.717) is 5.92 Å². The minimum Gasteiger partial charge on any atom is -0.393 e. The van der Waals surface area contributed by atoms with Crippen LogP contribution in [-0.2, 0) is 0 Å². The van der Waals surface area contributed by atoms with Gasteiger partial charge in [0.05, 0.1) is 6.10 Å². The molecule has 0 heterocycles. The van der Waals surface area contributed by atoms with Gasteiger partial charge in [-0.05, 0) is 55.8 Å². The third-order valence-corrected chi connectivity index (χ3v) is 4.40. The summed E-state index contributed by atoms with van der Waals surface area (Å²) in [6.45, 7) is 0. The second-order valence-corrected chi connectivity index (χ2v) is 4.80. The Kier molecular flexibility index (Phi) is 1.18. The van der Waals surface area contributed by atoms with Crippen LogP contribution in [0, 0.1) is 23.7 Å². The lowest BCUT2D eigenvalue weighted by atomic mass is 9.52. The van der Waals surface area contributed by atoms with Gasteiger partial charge < -0.3 is 5.11 Å². The van der Waals surface area contributed by atoms with E-state index in [1.54, 1.807) is 0 Å². The number of hydrogen-bond acceptors (Lipinski definition) is 1. The summed E-state index contributed by atoms with van der Waals surface area (Å²) in [6.07, 6.45) is 6.91. The molecule has 1 heteroatoms. The van der Waals surface area contributed by atoms with Crippen molar-refractivity contribution in [2.75, 3.05) is 0 Å². The zero-order valence-corrected chi connectivity index (χ0v) is 6.87. The van der Waals surface area contributed by atoms with Crippen molar-refractivity contribution in [1.29, 1.82) is 0 Å². The SMILES string of the molecule is O[C@@H]1C[C@H]2C[C@@H]3CC[C@H]2C[C@@H]31. The van der Waals surface area contributed by atoms with Crippen LogP contribution in [0.3, 0.4) is 0 Å². The molecule has 0 unspecified atom stereocenters. The van der Waals surface area contributed by atoms with Crippen molar-refractivity contribution in [3.8, 4) is 0 Å². The molecule has 1 nitrogen and oxygen atoms in total. The summed E-state index contributed by atoms with van der Waals surface area (Å²) >= 11 is 0. The maximum absolute atomic E-state index is 9.72. The minimum atomic E-state index is 0.0790. The lowest BCUT2D eigenvalue weighted by Crippen LogP contribution is -2.49. The Hall–Kier alpha value is -0.0400. The molecule has 0 aliphatic heterocycles. The molecule has 0 aromatic heterocycles. The number of hydrogen-bond donors (Lipinski definition) is 1. The van der Waals surface area contributed by atoms with Crippen molar-refractivity contribution < 1.29 is 5.11 Å². The van der Waals surface area contributed by atoms with Gasteiger partial charge in [0.15, 0.2) is 0 Å². The van der Waals surface area contributed by atoms with E-state index in [1.807, 2.05) is 0 Å². The fourth-order valence-electron chi connectivity index (χ4n) is 3.85. The van der Waals surface area contributed by atoms with Gasteiger partial charge in [-0.15, -0.1) is 0 Å². The van der Waals surface area contributed by atoms with Gasteiger partial charge in [0.2, 0.25) is 0 Å². The molecule has 5 atom stereocenters. The van der Waals surface area contributed by atoms with Crippen LogP contribution in [0.15, 0.2) is 0 Å². The van der Waals surface area contributed by atoms with Gasteiger partial charge in [-0.25, -0.2) is 0 Å². The maximum atomic E-state index is 9.72. The summed E-state index contributed by atoms with van der Waals surface area (Å²) in [6, 6.07) is 0. The lowest BCUT2D eigenvalue weighted by Gasteiger charge is -2.54. The molecule has 0 aromatic carbocycles. The summed E-state index contributed by atoms with van der Waals surface area (Å²) in [5.41, 5.74) is 0. The van der Waals surface area contributed by atoms with Crippen LogP contribution < -0.4 is 0 Å². The van der Waals surface area contributed by atoms with Crippen LogP contribution in [0.2, 0.25) is 0 Å². The van der Waals surface area contributed by atoms with Crippen molar-refractivity contribution in [2.24, 2.45) is 23.7 Å². The Morgan fingerprint density at radius 1 is 0.818 bits per heavy atom. The average molecular weight is 152 g/mol. The third kappa shape index (κ3) is 0.752. The quantitative estimate of drug-likeness (QED) is 0.561. The van der Waals surface area contributed by atoms with Crippen molar-refractivity contribution in [2.45, 2.75) is 38.2 Å². The highest BCUT2D eigenvalue weighted by Gasteiger charge is 2.49. The lowest BCUT2D eigenvalue weighted by molar-refractivity contribution is -0.101. The van der Waals surface area contributed by atoms with Crippen molar-refractivity contribution in [3.63, 3.8) is 0 Å². The zero-order chi connectivity index (χ0) is 7.42. The second-order valence-electron chi connectivity index (χ2n) is 4.80. The number of aliphatic hydroxyl groups excluding tert-OH is 1. The van der Waals surface area contributed by atoms with Gasteiger partial charge in [0.25, 0.3) is 0 Å². The fraction of sp³-hybridized carbons (Fsp3) is 1.00. The van der Waals surface area contributed by atoms with Crippen molar-refractivity contribution in [3.05, 3.63) is 0 Å². The Labute approximate surface area is 67.8 Å². The molecular weight excluding hydrogens is 136 g/mol. The number of fused-ring (bicyclic) bond motifs is 2. The van der Waals surface area contributed by atoms with E-state index in [0.717, 1.165) is 24.2 Å². The molecule has 5 saturated carbocycles. The molecule has 5 fully saturated rings. The van der Waals surface area contributed by atoms with E-state index in [-0.39, 0.29) is 6.10 Å². The zero-order valence-electron chi connectivity index (χ0n) is 6.87. The van der Waals surface area contributed by atoms with E-state index in [9.17, 15) is 5.11 Å². The Morgan fingerprint density at radius 2 is 1.64 bits per heavy atom. The molecule has 5 aliphatic rings. The van der Waals surface area contributed by atoms with Crippen molar-refractivity contribution >= 4 is 0 Å². The van der Waals surface area contributed by atoms with Gasteiger partial charge in [-0.2, -0.15) is 0 Å². The van der Waals surface area contributed by atoms with E-state index in [1.165, 1.54) is 25.7 Å². The Bertz CT molecular complexity index is 176. The molecule has 0 radical (unpaired) electrons. The number of aliphatic hydroxyl groups is 1. The molecule has 0 aromatic rings. The van der Waals surface area contributed by atoms with E-state index in [2.05, 4.69) is 0 Å². The smallest absolute Gasteiger partial charge is 0.0573 e. The van der Waals surface area contributed by atoms with E-state index >= 15 is 0 Å². The first kappa shape index (κ1) is 6.47. The topological polar surface area (TPSA) is 20.2 Å². The summed E-state index contributed by atoms with van der Waals surface area (Å²) in [7, 11) is 0. The molecule has 62 valence electrons. The summed E-state index contributed by atoms with van der Waals surface area (Å²) in [4.78, 5) is 0. The first-order valence-electron chi connectivity index (χ1n) is 5.02. The van der Waals surface area contributed by atoms with Crippen molar-refractivity contribution in [1.82, 2.24) is 0 Å². The highest BCUT2D eigenvalue weighted by molar-refractivity contribution is 4.99. The molecule has 5 aliphatic carbocycles. The highest BCUT2D eigenvalue weighted by atomic mass is 16.3. The summed E-state index contributed by atoms with van der Waals surface area (Å²) in [5.74, 6) is 3.54. The van der Waals surface area contributed by atoms with Gasteiger partial charge in [-0.1, -0.05) is 0 Å². The molecule has 5 rings (SSSR count). The van der Waals surface area contributed by atoms with Crippen LogP contribution in [0.25, 0.3) is 0 Å². The highest BCUT2D eigenvalue weighted by Crippen LogP contribution is 2.55. The summed E-state index contributed by atoms with van der Waals surface area (Å²) in [5, 5.41) is 9.72. The average Bonchev–Trinajstić information content (AvgIpc) is 2.05. The first-order chi connectivity index (χ1) is 5.34. The minimum absolute atomic E-state index is 0.0790. The molecular formula is C10H16O. The van der Waals surface area contributed by atoms with Gasteiger partial charge in [-0.3, -0.25) is 0 Å². The summed E-state index contributed by atoms with van der Waals surface area (Å²) < 4.78 is 0. The fourth-order valence-corrected chi connectivity index (χ4v) is 3.85.